The van der Waals surface area contributed by atoms with Gasteiger partial charge < -0.3 is 9.47 Å². The summed E-state index contributed by atoms with van der Waals surface area (Å²) in [6.07, 6.45) is 1.80. The van der Waals surface area contributed by atoms with Gasteiger partial charge in [-0.25, -0.2) is 13.1 Å². The third-order valence-electron chi connectivity index (χ3n) is 3.25. The van der Waals surface area contributed by atoms with Crippen molar-refractivity contribution in [1.29, 1.82) is 0 Å². The molecule has 0 saturated heterocycles. The lowest BCUT2D eigenvalue weighted by atomic mass is 10.1. The van der Waals surface area contributed by atoms with E-state index in [1.54, 1.807) is 6.07 Å². The molecule has 5 nitrogen and oxygen atoms in total. The van der Waals surface area contributed by atoms with Crippen LogP contribution in [0, 0.1) is 5.92 Å². The molecule has 0 aromatic heterocycles. The smallest absolute Gasteiger partial charge is 0.240 e. The minimum atomic E-state index is -3.50. The molecule has 21 heavy (non-hydrogen) atoms. The first-order valence-corrected chi connectivity index (χ1v) is 9.58. The highest BCUT2D eigenvalue weighted by molar-refractivity contribution is 9.09. The van der Waals surface area contributed by atoms with Crippen LogP contribution < -0.4 is 14.2 Å². The molecule has 1 aromatic carbocycles. The first-order chi connectivity index (χ1) is 10.0. The van der Waals surface area contributed by atoms with E-state index in [0.29, 0.717) is 37.2 Å². The van der Waals surface area contributed by atoms with Gasteiger partial charge in [0.15, 0.2) is 11.5 Å². The van der Waals surface area contributed by atoms with Gasteiger partial charge >= 0.3 is 0 Å². The lowest BCUT2D eigenvalue weighted by Gasteiger charge is -2.19. The van der Waals surface area contributed by atoms with Crippen molar-refractivity contribution in [3.05, 3.63) is 18.2 Å². The minimum absolute atomic E-state index is 0.209. The van der Waals surface area contributed by atoms with Crippen LogP contribution in [0.4, 0.5) is 0 Å². The molecule has 1 aliphatic heterocycles. The second-order valence-corrected chi connectivity index (χ2v) is 7.52. The Labute approximate surface area is 134 Å². The standard InChI is InChI=1S/C14H20BrNO4S/c1-11(10-15)3-2-6-16-21(17,18)12-4-5-13-14(9-12)20-8-7-19-13/h4-5,9,11,16H,2-3,6-8,10H2,1H3. The van der Waals surface area contributed by atoms with E-state index in [-0.39, 0.29) is 4.90 Å². The van der Waals surface area contributed by atoms with Gasteiger partial charge in [0.05, 0.1) is 4.90 Å². The van der Waals surface area contributed by atoms with E-state index in [9.17, 15) is 8.42 Å². The van der Waals surface area contributed by atoms with Crippen molar-refractivity contribution in [1.82, 2.24) is 4.72 Å². The Morgan fingerprint density at radius 1 is 1.29 bits per heavy atom. The Kier molecular flexibility index (Phi) is 5.89. The molecule has 0 radical (unpaired) electrons. The molecule has 7 heteroatoms. The minimum Gasteiger partial charge on any atom is -0.486 e. The summed E-state index contributed by atoms with van der Waals surface area (Å²) in [6, 6.07) is 4.69. The molecule has 1 aliphatic rings. The van der Waals surface area contributed by atoms with Crippen molar-refractivity contribution in [2.75, 3.05) is 25.1 Å². The van der Waals surface area contributed by atoms with Gasteiger partial charge in [-0.2, -0.15) is 0 Å². The fraction of sp³-hybridized carbons (Fsp3) is 0.571. The second-order valence-electron chi connectivity index (χ2n) is 5.10. The third-order valence-corrected chi connectivity index (χ3v) is 5.82. The summed E-state index contributed by atoms with van der Waals surface area (Å²) in [5, 5.41) is 0.932. The number of alkyl halides is 1. The van der Waals surface area contributed by atoms with Gasteiger partial charge in [-0.3, -0.25) is 0 Å². The average Bonchev–Trinajstić information content (AvgIpc) is 2.50. The van der Waals surface area contributed by atoms with Crippen LogP contribution in [0.5, 0.6) is 11.5 Å². The first kappa shape index (κ1) is 16.6. The molecule has 1 unspecified atom stereocenters. The molecule has 1 heterocycles. The summed E-state index contributed by atoms with van der Waals surface area (Å²) < 4.78 is 37.8. The monoisotopic (exact) mass is 377 g/mol. The first-order valence-electron chi connectivity index (χ1n) is 6.98. The fourth-order valence-electron chi connectivity index (χ4n) is 2.01. The van der Waals surface area contributed by atoms with Crippen molar-refractivity contribution < 1.29 is 17.9 Å². The lowest BCUT2D eigenvalue weighted by molar-refractivity contribution is 0.171. The maximum atomic E-state index is 12.2. The number of benzene rings is 1. The Morgan fingerprint density at radius 3 is 2.71 bits per heavy atom. The summed E-state index contributed by atoms with van der Waals surface area (Å²) in [6.45, 7) is 3.50. The summed E-state index contributed by atoms with van der Waals surface area (Å²) in [5.41, 5.74) is 0. The van der Waals surface area contributed by atoms with Crippen LogP contribution in [0.3, 0.4) is 0 Å². The predicted molar refractivity (Wildman–Crippen MR) is 84.8 cm³/mol. The van der Waals surface area contributed by atoms with Crippen LogP contribution in [-0.2, 0) is 10.0 Å². The summed E-state index contributed by atoms with van der Waals surface area (Å²) in [5.74, 6) is 1.62. The number of fused-ring (bicyclic) bond motifs is 1. The van der Waals surface area contributed by atoms with Gasteiger partial charge in [-0.1, -0.05) is 22.9 Å². The molecule has 2 rings (SSSR count). The quantitative estimate of drug-likeness (QED) is 0.585. The van der Waals surface area contributed by atoms with E-state index in [1.807, 2.05) is 0 Å². The number of sulfonamides is 1. The second kappa shape index (κ2) is 7.47. The van der Waals surface area contributed by atoms with Crippen LogP contribution >= 0.6 is 15.9 Å². The summed E-state index contributed by atoms with van der Waals surface area (Å²) in [4.78, 5) is 0.209. The molecule has 0 saturated carbocycles. The van der Waals surface area contributed by atoms with E-state index < -0.39 is 10.0 Å². The summed E-state index contributed by atoms with van der Waals surface area (Å²) in [7, 11) is -3.50. The van der Waals surface area contributed by atoms with Crippen molar-refractivity contribution >= 4 is 26.0 Å². The number of ether oxygens (including phenoxy) is 2. The zero-order chi connectivity index (χ0) is 15.3. The largest absolute Gasteiger partial charge is 0.486 e. The Hall–Kier alpha value is -0.790. The highest BCUT2D eigenvalue weighted by Gasteiger charge is 2.18. The predicted octanol–water partition coefficient (Wildman–Crippen LogP) is 2.55. The van der Waals surface area contributed by atoms with Crippen molar-refractivity contribution in [3.63, 3.8) is 0 Å². The number of rotatable bonds is 7. The highest BCUT2D eigenvalue weighted by Crippen LogP contribution is 2.32. The third kappa shape index (κ3) is 4.59. The fourth-order valence-corrected chi connectivity index (χ4v) is 3.42. The van der Waals surface area contributed by atoms with Crippen molar-refractivity contribution in [2.45, 2.75) is 24.7 Å². The van der Waals surface area contributed by atoms with Crippen LogP contribution in [0.25, 0.3) is 0 Å². The topological polar surface area (TPSA) is 64.6 Å². The van der Waals surface area contributed by atoms with Crippen molar-refractivity contribution in [3.8, 4) is 11.5 Å². The molecular formula is C14H20BrNO4S. The van der Waals surface area contributed by atoms with E-state index in [2.05, 4.69) is 27.6 Å². The highest BCUT2D eigenvalue weighted by atomic mass is 79.9. The van der Waals surface area contributed by atoms with E-state index >= 15 is 0 Å². The number of halogens is 1. The number of hydrogen-bond donors (Lipinski definition) is 1. The molecule has 0 aliphatic carbocycles. The molecule has 0 bridgehead atoms. The molecule has 0 amide bonds. The van der Waals surface area contributed by atoms with Gasteiger partial charge in [0, 0.05) is 17.9 Å². The van der Waals surface area contributed by atoms with Crippen LogP contribution in [-0.4, -0.2) is 33.5 Å². The van der Waals surface area contributed by atoms with Gasteiger partial charge in [0.25, 0.3) is 0 Å². The molecule has 0 fully saturated rings. The van der Waals surface area contributed by atoms with Crippen molar-refractivity contribution in [2.24, 2.45) is 5.92 Å². The summed E-state index contributed by atoms with van der Waals surface area (Å²) >= 11 is 3.41. The Morgan fingerprint density at radius 2 is 2.00 bits per heavy atom. The average molecular weight is 378 g/mol. The number of nitrogens with one attached hydrogen (secondary N) is 1. The van der Waals surface area contributed by atoms with Gasteiger partial charge in [0.2, 0.25) is 10.0 Å². The van der Waals surface area contributed by atoms with Gasteiger partial charge in [0.1, 0.15) is 13.2 Å². The zero-order valence-corrected chi connectivity index (χ0v) is 14.4. The molecule has 1 atom stereocenters. The van der Waals surface area contributed by atoms with E-state index in [4.69, 9.17) is 9.47 Å². The van der Waals surface area contributed by atoms with E-state index in [0.717, 1.165) is 18.2 Å². The lowest BCUT2D eigenvalue weighted by Crippen LogP contribution is -2.25. The molecule has 0 spiro atoms. The molecule has 1 N–H and O–H groups in total. The number of hydrogen-bond acceptors (Lipinski definition) is 4. The molecule has 118 valence electrons. The molecular weight excluding hydrogens is 358 g/mol. The Bertz CT molecular complexity index is 576. The normalized spacial score (nSPS) is 15.7. The SMILES string of the molecule is CC(CBr)CCCNS(=O)(=O)c1ccc2c(c1)OCCO2. The van der Waals surface area contributed by atoms with Crippen LogP contribution in [0.2, 0.25) is 0 Å². The molecule has 1 aromatic rings. The van der Waals surface area contributed by atoms with Crippen LogP contribution in [0.1, 0.15) is 19.8 Å². The van der Waals surface area contributed by atoms with E-state index in [1.165, 1.54) is 12.1 Å². The van der Waals surface area contributed by atoms with Crippen LogP contribution in [0.15, 0.2) is 23.1 Å². The van der Waals surface area contributed by atoms with Gasteiger partial charge in [-0.15, -0.1) is 0 Å². The maximum absolute atomic E-state index is 12.2. The van der Waals surface area contributed by atoms with Gasteiger partial charge in [-0.05, 0) is 30.9 Å². The maximum Gasteiger partial charge on any atom is 0.240 e. The Balaban J connectivity index is 1.96. The zero-order valence-electron chi connectivity index (χ0n) is 12.0.